The number of rotatable bonds is 4. The van der Waals surface area contributed by atoms with Crippen LogP contribution in [0.3, 0.4) is 0 Å². The predicted octanol–water partition coefficient (Wildman–Crippen LogP) is 3.19. The summed E-state index contributed by atoms with van der Waals surface area (Å²) in [7, 11) is 0. The Morgan fingerprint density at radius 1 is 1.24 bits per heavy atom. The molecule has 0 heterocycles. The third-order valence-electron chi connectivity index (χ3n) is 2.38. The molecule has 0 unspecified atom stereocenters. The summed E-state index contributed by atoms with van der Waals surface area (Å²) in [6.07, 6.45) is -0.777. The summed E-state index contributed by atoms with van der Waals surface area (Å²) >= 11 is 0. The van der Waals surface area contributed by atoms with E-state index in [1.165, 1.54) is 0 Å². The maximum Gasteiger partial charge on any atom is 0.514 e. The van der Waals surface area contributed by atoms with Gasteiger partial charge in [-0.2, -0.15) is 0 Å². The van der Waals surface area contributed by atoms with Gasteiger partial charge in [-0.15, -0.1) is 0 Å². The van der Waals surface area contributed by atoms with E-state index in [4.69, 9.17) is 9.47 Å². The molecule has 1 rings (SSSR count). The third kappa shape index (κ3) is 6.12. The van der Waals surface area contributed by atoms with Gasteiger partial charge in [-0.05, 0) is 33.8 Å². The normalized spacial score (nSPS) is 10.7. The number of nitrogens with one attached hydrogen (secondary N) is 1. The number of hydrogen-bond donors (Lipinski definition) is 1. The molecule has 1 amide bonds. The van der Waals surface area contributed by atoms with Crippen LogP contribution in [0.2, 0.25) is 0 Å². The largest absolute Gasteiger partial charge is 0.514 e. The molecule has 0 spiro atoms. The van der Waals surface area contributed by atoms with Gasteiger partial charge in [0.1, 0.15) is 11.4 Å². The van der Waals surface area contributed by atoms with Crippen molar-refractivity contribution in [2.75, 3.05) is 0 Å². The van der Waals surface area contributed by atoms with Crippen LogP contribution in [0.25, 0.3) is 0 Å². The van der Waals surface area contributed by atoms with Crippen LogP contribution in [0.1, 0.15) is 33.3 Å². The molecule has 21 heavy (non-hydrogen) atoms. The fraction of sp³-hybridized carbons (Fsp3) is 0.375. The van der Waals surface area contributed by atoms with Crippen LogP contribution in [-0.2, 0) is 16.1 Å². The molecule has 0 saturated heterocycles. The molecule has 5 nitrogen and oxygen atoms in total. The highest BCUT2D eigenvalue weighted by Crippen LogP contribution is 2.19. The van der Waals surface area contributed by atoms with Crippen molar-refractivity contribution in [1.29, 1.82) is 0 Å². The lowest BCUT2D eigenvalue weighted by Crippen LogP contribution is -2.27. The number of ether oxygens (including phenoxy) is 2. The van der Waals surface area contributed by atoms with Crippen molar-refractivity contribution >= 4 is 12.1 Å². The molecule has 0 radical (unpaired) electrons. The maximum absolute atomic E-state index is 11.7. The molecule has 0 saturated carbocycles. The molecule has 1 aromatic rings. The molecule has 0 aliphatic rings. The molecule has 0 aromatic heterocycles. The minimum absolute atomic E-state index is 0.241. The van der Waals surface area contributed by atoms with Crippen LogP contribution in [0.15, 0.2) is 36.4 Å². The molecule has 5 heteroatoms. The molecule has 0 bridgehead atoms. The summed E-state index contributed by atoms with van der Waals surface area (Å²) in [5.74, 6) is 0.107. The quantitative estimate of drug-likeness (QED) is 0.525. The molecule has 0 fully saturated rings. The Bertz CT molecular complexity index is 543. The molecule has 1 N–H and O–H groups in total. The summed E-state index contributed by atoms with van der Waals surface area (Å²) in [5, 5.41) is 2.69. The van der Waals surface area contributed by atoms with E-state index in [1.54, 1.807) is 52.0 Å². The van der Waals surface area contributed by atoms with Crippen molar-refractivity contribution in [3.63, 3.8) is 0 Å². The summed E-state index contributed by atoms with van der Waals surface area (Å²) in [6, 6.07) is 6.94. The van der Waals surface area contributed by atoms with E-state index in [-0.39, 0.29) is 12.5 Å². The number of carbonyl (C=O) groups is 2. The first-order valence-electron chi connectivity index (χ1n) is 6.61. The van der Waals surface area contributed by atoms with Gasteiger partial charge in [-0.1, -0.05) is 24.8 Å². The lowest BCUT2D eigenvalue weighted by atomic mass is 10.2. The Kier molecular flexibility index (Phi) is 5.52. The van der Waals surface area contributed by atoms with Crippen molar-refractivity contribution in [1.82, 2.24) is 5.32 Å². The van der Waals surface area contributed by atoms with Crippen molar-refractivity contribution in [2.24, 2.45) is 0 Å². The van der Waals surface area contributed by atoms with Crippen LogP contribution < -0.4 is 10.1 Å². The second-order valence-corrected chi connectivity index (χ2v) is 5.64. The topological polar surface area (TPSA) is 64.6 Å². The molecule has 114 valence electrons. The van der Waals surface area contributed by atoms with Crippen LogP contribution in [0.4, 0.5) is 4.79 Å². The van der Waals surface area contributed by atoms with Gasteiger partial charge < -0.3 is 14.8 Å². The molecular weight excluding hydrogens is 270 g/mol. The van der Waals surface area contributed by atoms with Crippen LogP contribution in [0, 0.1) is 0 Å². The van der Waals surface area contributed by atoms with Crippen LogP contribution >= 0.6 is 0 Å². The Hall–Kier alpha value is -2.30. The highest BCUT2D eigenvalue weighted by molar-refractivity contribution is 5.92. The molecule has 1 aromatic carbocycles. The van der Waals surface area contributed by atoms with E-state index in [2.05, 4.69) is 11.9 Å². The average Bonchev–Trinajstić information content (AvgIpc) is 2.34. The zero-order chi connectivity index (χ0) is 16.0. The van der Waals surface area contributed by atoms with Gasteiger partial charge in [0.2, 0.25) is 5.91 Å². The lowest BCUT2D eigenvalue weighted by molar-refractivity contribution is -0.117. The smallest absolute Gasteiger partial charge is 0.428 e. The number of para-hydroxylation sites is 1. The molecule has 0 aliphatic carbocycles. The predicted molar refractivity (Wildman–Crippen MR) is 80.0 cm³/mol. The zero-order valence-corrected chi connectivity index (χ0v) is 12.9. The Labute approximate surface area is 124 Å². The zero-order valence-electron chi connectivity index (χ0n) is 12.9. The van der Waals surface area contributed by atoms with Crippen LogP contribution in [-0.4, -0.2) is 17.7 Å². The number of benzene rings is 1. The van der Waals surface area contributed by atoms with Gasteiger partial charge >= 0.3 is 6.16 Å². The van der Waals surface area contributed by atoms with Gasteiger partial charge in [0, 0.05) is 17.7 Å². The minimum Gasteiger partial charge on any atom is -0.428 e. The minimum atomic E-state index is -0.777. The van der Waals surface area contributed by atoms with Crippen molar-refractivity contribution < 1.29 is 19.1 Å². The Morgan fingerprint density at radius 2 is 1.86 bits per heavy atom. The fourth-order valence-electron chi connectivity index (χ4n) is 1.44. The standard InChI is InChI=1S/C16H21NO4/c1-11(2)14(18)17-10-12-8-6-7-9-13(12)20-15(19)21-16(3,4)5/h6-9H,1,10H2,2-5H3,(H,17,18). The Balaban J connectivity index is 2.73. The van der Waals surface area contributed by atoms with Gasteiger partial charge in [0.25, 0.3) is 0 Å². The summed E-state index contributed by atoms with van der Waals surface area (Å²) in [5.41, 5.74) is 0.471. The molecule has 0 atom stereocenters. The number of hydrogen-bond acceptors (Lipinski definition) is 4. The van der Waals surface area contributed by atoms with Crippen LogP contribution in [0.5, 0.6) is 5.75 Å². The van der Waals surface area contributed by atoms with Crippen molar-refractivity contribution in [3.8, 4) is 5.75 Å². The highest BCUT2D eigenvalue weighted by Gasteiger charge is 2.19. The van der Waals surface area contributed by atoms with E-state index >= 15 is 0 Å². The van der Waals surface area contributed by atoms with E-state index in [0.717, 1.165) is 0 Å². The Morgan fingerprint density at radius 3 is 2.43 bits per heavy atom. The first kappa shape index (κ1) is 16.8. The first-order chi connectivity index (χ1) is 9.69. The third-order valence-corrected chi connectivity index (χ3v) is 2.38. The summed E-state index contributed by atoms with van der Waals surface area (Å²) in [6.45, 7) is 10.7. The van der Waals surface area contributed by atoms with Gasteiger partial charge in [0.05, 0.1) is 0 Å². The second-order valence-electron chi connectivity index (χ2n) is 5.64. The monoisotopic (exact) mass is 291 g/mol. The van der Waals surface area contributed by atoms with Gasteiger partial charge in [-0.25, -0.2) is 4.79 Å². The fourth-order valence-corrected chi connectivity index (χ4v) is 1.44. The van der Waals surface area contributed by atoms with E-state index in [0.29, 0.717) is 16.9 Å². The van der Waals surface area contributed by atoms with E-state index in [1.807, 2.05) is 0 Å². The summed E-state index contributed by atoms with van der Waals surface area (Å²) < 4.78 is 10.3. The summed E-state index contributed by atoms with van der Waals surface area (Å²) in [4.78, 5) is 23.2. The number of amides is 1. The first-order valence-corrected chi connectivity index (χ1v) is 6.61. The molecular formula is C16H21NO4. The van der Waals surface area contributed by atoms with Crippen molar-refractivity contribution in [2.45, 2.75) is 39.8 Å². The van der Waals surface area contributed by atoms with Crippen molar-refractivity contribution in [3.05, 3.63) is 42.0 Å². The molecule has 0 aliphatic heterocycles. The average molecular weight is 291 g/mol. The number of carbonyl (C=O) groups excluding carboxylic acids is 2. The van der Waals surface area contributed by atoms with Gasteiger partial charge in [-0.3, -0.25) is 4.79 Å². The lowest BCUT2D eigenvalue weighted by Gasteiger charge is -2.19. The highest BCUT2D eigenvalue weighted by atomic mass is 16.7. The van der Waals surface area contributed by atoms with E-state index in [9.17, 15) is 9.59 Å². The van der Waals surface area contributed by atoms with E-state index < -0.39 is 11.8 Å². The second kappa shape index (κ2) is 6.92. The SMILES string of the molecule is C=C(C)C(=O)NCc1ccccc1OC(=O)OC(C)(C)C. The maximum atomic E-state index is 11.7. The van der Waals surface area contributed by atoms with Gasteiger partial charge in [0.15, 0.2) is 0 Å².